The SMILES string of the molecule is CC(C)C1CCC(C)C(OC(=O)C(O)[C@@H](O)[C@@H](O)[C@H](O)[C@@H](O)C=O)C1. The van der Waals surface area contributed by atoms with Gasteiger partial charge in [0.15, 0.2) is 12.4 Å². The summed E-state index contributed by atoms with van der Waals surface area (Å²) in [5, 5.41) is 48.0. The van der Waals surface area contributed by atoms with Crippen molar-refractivity contribution in [2.45, 2.75) is 76.7 Å². The highest BCUT2D eigenvalue weighted by molar-refractivity contribution is 5.75. The number of hydrogen-bond donors (Lipinski definition) is 5. The fourth-order valence-corrected chi connectivity index (χ4v) is 3.11. The van der Waals surface area contributed by atoms with E-state index < -0.39 is 42.6 Å². The molecular formula is C17H30O8. The molecule has 25 heavy (non-hydrogen) atoms. The van der Waals surface area contributed by atoms with Crippen molar-refractivity contribution in [3.8, 4) is 0 Å². The number of carbonyl (C=O) groups excluding carboxylic acids is 2. The van der Waals surface area contributed by atoms with Crippen molar-refractivity contribution in [2.75, 3.05) is 0 Å². The third kappa shape index (κ3) is 5.72. The van der Waals surface area contributed by atoms with Gasteiger partial charge >= 0.3 is 5.97 Å². The van der Waals surface area contributed by atoms with Crippen molar-refractivity contribution in [3.05, 3.63) is 0 Å². The molecule has 0 heterocycles. The summed E-state index contributed by atoms with van der Waals surface area (Å²) in [6.45, 7) is 6.12. The molecule has 0 spiro atoms. The van der Waals surface area contributed by atoms with Gasteiger partial charge in [0.1, 0.15) is 30.5 Å². The van der Waals surface area contributed by atoms with Crippen LogP contribution in [0.5, 0.6) is 0 Å². The summed E-state index contributed by atoms with van der Waals surface area (Å²) in [6, 6.07) is 0. The molecule has 4 unspecified atom stereocenters. The molecule has 0 aromatic heterocycles. The van der Waals surface area contributed by atoms with E-state index >= 15 is 0 Å². The van der Waals surface area contributed by atoms with Gasteiger partial charge in [-0.05, 0) is 37.0 Å². The van der Waals surface area contributed by atoms with Gasteiger partial charge in [0.2, 0.25) is 0 Å². The number of rotatable bonds is 8. The number of esters is 1. The summed E-state index contributed by atoms with van der Waals surface area (Å²) in [5.74, 6) is -0.173. The summed E-state index contributed by atoms with van der Waals surface area (Å²) >= 11 is 0. The molecule has 8 heteroatoms. The van der Waals surface area contributed by atoms with Crippen LogP contribution in [0.2, 0.25) is 0 Å². The van der Waals surface area contributed by atoms with Crippen molar-refractivity contribution in [1.82, 2.24) is 0 Å². The Balaban J connectivity index is 2.67. The number of hydrogen-bond acceptors (Lipinski definition) is 8. The molecule has 0 aliphatic heterocycles. The number of carbonyl (C=O) groups is 2. The lowest BCUT2D eigenvalue weighted by Gasteiger charge is -2.36. The second-order valence-electron chi connectivity index (χ2n) is 7.31. The van der Waals surface area contributed by atoms with Crippen LogP contribution in [0.25, 0.3) is 0 Å². The standard InChI is InChI=1S/C17H30O8/c1-8(2)10-5-4-9(3)12(6-10)25-17(24)16(23)15(22)14(21)13(20)11(19)7-18/h7-16,19-23H,4-6H2,1-3H3/t9?,10?,11-,12?,13+,14-,15-,16?/m0/s1. The molecule has 1 aliphatic rings. The van der Waals surface area contributed by atoms with Gasteiger partial charge < -0.3 is 35.1 Å². The van der Waals surface area contributed by atoms with Gasteiger partial charge in [-0.15, -0.1) is 0 Å². The van der Waals surface area contributed by atoms with E-state index in [0.29, 0.717) is 18.3 Å². The van der Waals surface area contributed by atoms with Crippen molar-refractivity contribution in [1.29, 1.82) is 0 Å². The maximum Gasteiger partial charge on any atom is 0.338 e. The van der Waals surface area contributed by atoms with Crippen LogP contribution in [0.1, 0.15) is 40.0 Å². The smallest absolute Gasteiger partial charge is 0.338 e. The highest BCUT2D eigenvalue weighted by Gasteiger charge is 2.40. The van der Waals surface area contributed by atoms with Crippen LogP contribution in [0.15, 0.2) is 0 Å². The zero-order valence-corrected chi connectivity index (χ0v) is 14.9. The lowest BCUT2D eigenvalue weighted by atomic mass is 9.76. The van der Waals surface area contributed by atoms with Crippen LogP contribution in [-0.2, 0) is 14.3 Å². The molecule has 1 saturated carbocycles. The Morgan fingerprint density at radius 3 is 2.16 bits per heavy atom. The van der Waals surface area contributed by atoms with E-state index in [4.69, 9.17) is 9.84 Å². The van der Waals surface area contributed by atoms with Crippen LogP contribution >= 0.6 is 0 Å². The molecule has 1 rings (SSSR count). The van der Waals surface area contributed by atoms with Crippen LogP contribution in [-0.4, -0.2) is 74.4 Å². The van der Waals surface area contributed by atoms with E-state index in [-0.39, 0.29) is 12.2 Å². The summed E-state index contributed by atoms with van der Waals surface area (Å²) in [4.78, 5) is 22.5. The second-order valence-corrected chi connectivity index (χ2v) is 7.31. The molecule has 0 aromatic rings. The van der Waals surface area contributed by atoms with Gasteiger partial charge in [0.25, 0.3) is 0 Å². The molecule has 0 amide bonds. The van der Waals surface area contributed by atoms with Crippen molar-refractivity contribution < 1.29 is 39.9 Å². The molecule has 0 bridgehead atoms. The van der Waals surface area contributed by atoms with Gasteiger partial charge in [-0.1, -0.05) is 20.8 Å². The number of aldehydes is 1. The summed E-state index contributed by atoms with van der Waals surface area (Å²) in [5.41, 5.74) is 0. The van der Waals surface area contributed by atoms with Crippen molar-refractivity contribution in [2.24, 2.45) is 17.8 Å². The lowest BCUT2D eigenvalue weighted by Crippen LogP contribution is -2.52. The molecule has 1 aliphatic carbocycles. The molecule has 8 nitrogen and oxygen atoms in total. The first kappa shape index (κ1) is 22.0. The third-order valence-corrected chi connectivity index (χ3v) is 5.13. The van der Waals surface area contributed by atoms with Gasteiger partial charge in [0.05, 0.1) is 0 Å². The Morgan fingerprint density at radius 2 is 1.64 bits per heavy atom. The first-order valence-corrected chi connectivity index (χ1v) is 8.66. The maximum atomic E-state index is 12.1. The molecular weight excluding hydrogens is 332 g/mol. The summed E-state index contributed by atoms with van der Waals surface area (Å²) < 4.78 is 5.31. The average molecular weight is 362 g/mol. The molecule has 1 fully saturated rings. The lowest BCUT2D eigenvalue weighted by molar-refractivity contribution is -0.181. The van der Waals surface area contributed by atoms with Crippen LogP contribution in [0.3, 0.4) is 0 Å². The van der Waals surface area contributed by atoms with Gasteiger partial charge in [-0.25, -0.2) is 4.79 Å². The molecule has 0 radical (unpaired) electrons. The van der Waals surface area contributed by atoms with E-state index in [9.17, 15) is 30.0 Å². The van der Waals surface area contributed by atoms with Crippen LogP contribution in [0.4, 0.5) is 0 Å². The Hall–Kier alpha value is -1.06. The van der Waals surface area contributed by atoms with Gasteiger partial charge in [-0.3, -0.25) is 0 Å². The van der Waals surface area contributed by atoms with E-state index in [1.165, 1.54) is 0 Å². The fraction of sp³-hybridized carbons (Fsp3) is 0.882. The number of aliphatic hydroxyl groups excluding tert-OH is 5. The quantitative estimate of drug-likeness (QED) is 0.273. The maximum absolute atomic E-state index is 12.1. The Labute approximate surface area is 147 Å². The number of aliphatic hydroxyl groups is 5. The van der Waals surface area contributed by atoms with E-state index in [0.717, 1.165) is 12.8 Å². The molecule has 5 N–H and O–H groups in total. The second kappa shape index (κ2) is 9.59. The number of ether oxygens (including phenoxy) is 1. The van der Waals surface area contributed by atoms with Crippen LogP contribution < -0.4 is 0 Å². The van der Waals surface area contributed by atoms with E-state index in [1.54, 1.807) is 0 Å². The molecule has 0 aromatic carbocycles. The topological polar surface area (TPSA) is 145 Å². The van der Waals surface area contributed by atoms with E-state index in [1.807, 2.05) is 6.92 Å². The Morgan fingerprint density at radius 1 is 1.04 bits per heavy atom. The normalized spacial score (nSPS) is 30.2. The van der Waals surface area contributed by atoms with Gasteiger partial charge in [-0.2, -0.15) is 0 Å². The highest BCUT2D eigenvalue weighted by atomic mass is 16.6. The predicted molar refractivity (Wildman–Crippen MR) is 87.3 cm³/mol. The zero-order valence-electron chi connectivity index (χ0n) is 14.9. The fourth-order valence-electron chi connectivity index (χ4n) is 3.11. The van der Waals surface area contributed by atoms with Crippen molar-refractivity contribution >= 4 is 12.3 Å². The highest BCUT2D eigenvalue weighted by Crippen LogP contribution is 2.35. The summed E-state index contributed by atoms with van der Waals surface area (Å²) in [7, 11) is 0. The summed E-state index contributed by atoms with van der Waals surface area (Å²) in [6.07, 6.45) is -8.13. The first-order chi connectivity index (χ1) is 11.6. The Bertz CT molecular complexity index is 440. The first-order valence-electron chi connectivity index (χ1n) is 8.66. The van der Waals surface area contributed by atoms with Gasteiger partial charge in [0, 0.05) is 0 Å². The van der Waals surface area contributed by atoms with Crippen molar-refractivity contribution in [3.63, 3.8) is 0 Å². The average Bonchev–Trinajstić information content (AvgIpc) is 2.59. The minimum Gasteiger partial charge on any atom is -0.460 e. The molecule has 8 atom stereocenters. The Kier molecular flexibility index (Phi) is 8.43. The minimum atomic E-state index is -2.10. The largest absolute Gasteiger partial charge is 0.460 e. The third-order valence-electron chi connectivity index (χ3n) is 5.13. The predicted octanol–water partition coefficient (Wildman–Crippen LogP) is -1.01. The zero-order chi connectivity index (χ0) is 19.3. The minimum absolute atomic E-state index is 0.0267. The molecule has 146 valence electrons. The van der Waals surface area contributed by atoms with E-state index in [2.05, 4.69) is 13.8 Å². The van der Waals surface area contributed by atoms with Crippen LogP contribution in [0, 0.1) is 17.8 Å². The monoisotopic (exact) mass is 362 g/mol. The molecule has 0 saturated heterocycles.